The van der Waals surface area contributed by atoms with E-state index in [0.717, 1.165) is 17.8 Å². The van der Waals surface area contributed by atoms with E-state index in [0.29, 0.717) is 39.9 Å². The van der Waals surface area contributed by atoms with E-state index in [1.807, 2.05) is 6.07 Å². The fourth-order valence-corrected chi connectivity index (χ4v) is 2.96. The van der Waals surface area contributed by atoms with Crippen molar-refractivity contribution in [2.24, 2.45) is 0 Å². The van der Waals surface area contributed by atoms with Gasteiger partial charge in [0.15, 0.2) is 5.82 Å². The highest BCUT2D eigenvalue weighted by molar-refractivity contribution is 6.31. The first-order valence-corrected chi connectivity index (χ1v) is 7.88. The van der Waals surface area contributed by atoms with E-state index >= 15 is 0 Å². The fraction of sp³-hybridized carbons (Fsp3) is 0.118. The van der Waals surface area contributed by atoms with Crippen molar-refractivity contribution >= 4 is 23.2 Å². The highest BCUT2D eigenvalue weighted by Crippen LogP contribution is 2.28. The van der Waals surface area contributed by atoms with Gasteiger partial charge in [-0.2, -0.15) is 0 Å². The summed E-state index contributed by atoms with van der Waals surface area (Å²) in [6.07, 6.45) is 2.44. The van der Waals surface area contributed by atoms with E-state index in [4.69, 9.17) is 17.3 Å². The van der Waals surface area contributed by atoms with Crippen molar-refractivity contribution in [2.75, 3.05) is 12.3 Å². The topological polar surface area (TPSA) is 96.7 Å². The van der Waals surface area contributed by atoms with Gasteiger partial charge in [-0.25, -0.2) is 9.97 Å². The van der Waals surface area contributed by atoms with Gasteiger partial charge in [0.1, 0.15) is 0 Å². The number of carbonyl (C=O) groups is 1. The van der Waals surface area contributed by atoms with Crippen molar-refractivity contribution in [3.63, 3.8) is 0 Å². The van der Waals surface area contributed by atoms with Crippen LogP contribution in [0.2, 0.25) is 5.02 Å². The smallest absolute Gasteiger partial charge is 0.253 e. The molecule has 0 radical (unpaired) electrons. The molecule has 1 aliphatic heterocycles. The van der Waals surface area contributed by atoms with Crippen molar-refractivity contribution in [2.45, 2.75) is 6.42 Å². The Bertz CT molecular complexity index is 950. The lowest BCUT2D eigenvalue weighted by Crippen LogP contribution is -2.31. The van der Waals surface area contributed by atoms with Crippen molar-refractivity contribution < 1.29 is 4.79 Å². The molecule has 4 N–H and O–H groups in total. The minimum absolute atomic E-state index is 0.0629. The third-order valence-electron chi connectivity index (χ3n) is 3.99. The Kier molecular flexibility index (Phi) is 3.46. The molecule has 1 amide bonds. The minimum atomic E-state index is -0.0629. The SMILES string of the molecule is Nc1ccc(Cl)cc1-c1nccc(-c2cc3c([nH]2)CCNC3=O)n1. The lowest BCUT2D eigenvalue weighted by molar-refractivity contribution is 0.0946. The second-order valence-corrected chi connectivity index (χ2v) is 6.01. The number of halogens is 1. The van der Waals surface area contributed by atoms with Crippen LogP contribution in [0.3, 0.4) is 0 Å². The van der Waals surface area contributed by atoms with Crippen LogP contribution in [-0.2, 0) is 6.42 Å². The van der Waals surface area contributed by atoms with Gasteiger partial charge in [-0.1, -0.05) is 11.6 Å². The molecular weight excluding hydrogens is 326 g/mol. The third-order valence-corrected chi connectivity index (χ3v) is 4.23. The van der Waals surface area contributed by atoms with Crippen LogP contribution in [0.5, 0.6) is 0 Å². The van der Waals surface area contributed by atoms with Gasteiger partial charge in [0.05, 0.1) is 17.0 Å². The lowest BCUT2D eigenvalue weighted by atomic mass is 10.1. The fourth-order valence-electron chi connectivity index (χ4n) is 2.79. The third kappa shape index (κ3) is 2.51. The summed E-state index contributed by atoms with van der Waals surface area (Å²) in [7, 11) is 0. The van der Waals surface area contributed by atoms with Gasteiger partial charge in [-0.05, 0) is 30.3 Å². The number of aromatic amines is 1. The molecule has 2 aromatic heterocycles. The number of rotatable bonds is 2. The molecule has 120 valence electrons. The number of fused-ring (bicyclic) bond motifs is 1. The predicted molar refractivity (Wildman–Crippen MR) is 92.7 cm³/mol. The summed E-state index contributed by atoms with van der Waals surface area (Å²) in [5, 5.41) is 3.40. The summed E-state index contributed by atoms with van der Waals surface area (Å²) in [5.74, 6) is 0.427. The van der Waals surface area contributed by atoms with E-state index < -0.39 is 0 Å². The Balaban J connectivity index is 1.78. The number of nitrogen functional groups attached to an aromatic ring is 1. The Morgan fingerprint density at radius 2 is 2.04 bits per heavy atom. The second kappa shape index (κ2) is 5.65. The zero-order chi connectivity index (χ0) is 16.7. The molecule has 0 fully saturated rings. The summed E-state index contributed by atoms with van der Waals surface area (Å²) >= 11 is 6.05. The van der Waals surface area contributed by atoms with Crippen LogP contribution in [0.25, 0.3) is 22.8 Å². The Labute approximate surface area is 143 Å². The van der Waals surface area contributed by atoms with Gasteiger partial charge in [0.2, 0.25) is 0 Å². The molecule has 1 aliphatic rings. The van der Waals surface area contributed by atoms with Crippen LogP contribution in [0, 0.1) is 0 Å². The molecule has 0 saturated heterocycles. The molecule has 3 heterocycles. The highest BCUT2D eigenvalue weighted by Gasteiger charge is 2.20. The minimum Gasteiger partial charge on any atom is -0.398 e. The van der Waals surface area contributed by atoms with Gasteiger partial charge < -0.3 is 16.0 Å². The van der Waals surface area contributed by atoms with E-state index in [1.54, 1.807) is 30.5 Å². The molecule has 0 spiro atoms. The number of carbonyl (C=O) groups excluding carboxylic acids is 1. The number of benzene rings is 1. The maximum absolute atomic E-state index is 11.9. The standard InChI is InChI=1S/C17H14ClN5O/c18-9-1-2-12(19)10(7-9)16-20-5-4-14(23-16)15-8-11-13(22-15)3-6-21-17(11)24/h1-2,4-5,7-8,22H,3,6,19H2,(H,21,24). The van der Waals surface area contributed by atoms with E-state index in [-0.39, 0.29) is 5.91 Å². The first-order valence-electron chi connectivity index (χ1n) is 7.51. The average Bonchev–Trinajstić information content (AvgIpc) is 3.03. The summed E-state index contributed by atoms with van der Waals surface area (Å²) in [5.41, 5.74) is 10.3. The van der Waals surface area contributed by atoms with Crippen LogP contribution >= 0.6 is 11.6 Å². The Hall–Kier alpha value is -2.86. The van der Waals surface area contributed by atoms with Gasteiger partial charge in [-0.3, -0.25) is 4.79 Å². The molecular formula is C17H14ClN5O. The maximum Gasteiger partial charge on any atom is 0.253 e. The summed E-state index contributed by atoms with van der Waals surface area (Å²) in [6.45, 7) is 0.639. The number of aromatic nitrogens is 3. The van der Waals surface area contributed by atoms with Gasteiger partial charge in [-0.15, -0.1) is 0 Å². The summed E-state index contributed by atoms with van der Waals surface area (Å²) in [6, 6.07) is 8.80. The quantitative estimate of drug-likeness (QED) is 0.625. The van der Waals surface area contributed by atoms with Crippen LogP contribution in [0.15, 0.2) is 36.5 Å². The van der Waals surface area contributed by atoms with Crippen LogP contribution in [-0.4, -0.2) is 27.4 Å². The zero-order valence-corrected chi connectivity index (χ0v) is 13.4. The number of nitrogens with two attached hydrogens (primary N) is 1. The van der Waals surface area contributed by atoms with Crippen LogP contribution in [0.1, 0.15) is 16.1 Å². The average molecular weight is 340 g/mol. The second-order valence-electron chi connectivity index (χ2n) is 5.58. The number of nitrogens with one attached hydrogen (secondary N) is 2. The van der Waals surface area contributed by atoms with Crippen LogP contribution < -0.4 is 11.1 Å². The number of anilines is 1. The van der Waals surface area contributed by atoms with Crippen molar-refractivity contribution in [3.8, 4) is 22.8 Å². The highest BCUT2D eigenvalue weighted by atomic mass is 35.5. The molecule has 24 heavy (non-hydrogen) atoms. The Morgan fingerprint density at radius 3 is 2.88 bits per heavy atom. The molecule has 1 aromatic carbocycles. The van der Waals surface area contributed by atoms with E-state index in [1.165, 1.54) is 0 Å². The van der Waals surface area contributed by atoms with E-state index in [9.17, 15) is 4.79 Å². The first kappa shape index (κ1) is 14.7. The molecule has 0 unspecified atom stereocenters. The van der Waals surface area contributed by atoms with Gasteiger partial charge in [0.25, 0.3) is 5.91 Å². The summed E-state index contributed by atoms with van der Waals surface area (Å²) < 4.78 is 0. The zero-order valence-electron chi connectivity index (χ0n) is 12.6. The number of nitrogens with zero attached hydrogens (tertiary/aromatic N) is 2. The first-order chi connectivity index (χ1) is 11.6. The predicted octanol–water partition coefficient (Wildman–Crippen LogP) is 2.66. The molecule has 0 saturated carbocycles. The molecule has 4 rings (SSSR count). The van der Waals surface area contributed by atoms with Crippen molar-refractivity contribution in [1.82, 2.24) is 20.3 Å². The number of hydrogen-bond donors (Lipinski definition) is 3. The van der Waals surface area contributed by atoms with Gasteiger partial charge >= 0.3 is 0 Å². The molecule has 7 heteroatoms. The molecule has 0 atom stereocenters. The number of hydrogen-bond acceptors (Lipinski definition) is 4. The molecule has 6 nitrogen and oxygen atoms in total. The monoisotopic (exact) mass is 339 g/mol. The maximum atomic E-state index is 11.9. The summed E-state index contributed by atoms with van der Waals surface area (Å²) in [4.78, 5) is 24.0. The normalized spacial score (nSPS) is 13.5. The van der Waals surface area contributed by atoms with E-state index in [2.05, 4.69) is 20.3 Å². The number of amides is 1. The largest absolute Gasteiger partial charge is 0.398 e. The van der Waals surface area contributed by atoms with Crippen molar-refractivity contribution in [1.29, 1.82) is 0 Å². The number of H-pyrrole nitrogens is 1. The molecule has 0 bridgehead atoms. The molecule has 0 aliphatic carbocycles. The van der Waals surface area contributed by atoms with Crippen molar-refractivity contribution in [3.05, 3.63) is 52.8 Å². The van der Waals surface area contributed by atoms with Crippen LogP contribution in [0.4, 0.5) is 5.69 Å². The molecule has 3 aromatic rings. The van der Waals surface area contributed by atoms with Gasteiger partial charge in [0, 0.05) is 41.1 Å². The lowest BCUT2D eigenvalue weighted by Gasteiger charge is -2.10. The Morgan fingerprint density at radius 1 is 1.17 bits per heavy atom.